The van der Waals surface area contributed by atoms with Crippen LogP contribution in [0.25, 0.3) is 0 Å². The van der Waals surface area contributed by atoms with Crippen molar-refractivity contribution in [2.24, 2.45) is 4.99 Å². The van der Waals surface area contributed by atoms with Crippen molar-refractivity contribution in [3.63, 3.8) is 0 Å². The normalized spacial score (nSPS) is 16.0. The van der Waals surface area contributed by atoms with E-state index in [1.54, 1.807) is 43.9 Å². The maximum Gasteiger partial charge on any atom is 0.157 e. The van der Waals surface area contributed by atoms with Crippen molar-refractivity contribution in [3.05, 3.63) is 90.0 Å². The highest BCUT2D eigenvalue weighted by Crippen LogP contribution is 2.35. The van der Waals surface area contributed by atoms with Gasteiger partial charge in [-0.3, -0.25) is 14.2 Å². The lowest BCUT2D eigenvalue weighted by Crippen LogP contribution is -2.27. The third-order valence-electron chi connectivity index (χ3n) is 5.18. The highest BCUT2D eigenvalue weighted by atomic mass is 32.2. The topological polar surface area (TPSA) is 32.7 Å². The molecule has 0 spiro atoms. The molecule has 1 atom stereocenters. The second kappa shape index (κ2) is 19.0. The van der Waals surface area contributed by atoms with Crippen LogP contribution >= 0.6 is 23.7 Å². The van der Waals surface area contributed by atoms with Crippen LogP contribution < -0.4 is 0 Å². The Balaban J connectivity index is 0.000000352. The molecule has 0 N–H and O–H groups in total. The number of carbonyl (C=O) groups excluding carboxylic acids is 1. The first kappa shape index (κ1) is 32.9. The van der Waals surface area contributed by atoms with Gasteiger partial charge >= 0.3 is 0 Å². The molecule has 0 aromatic heterocycles. The molecule has 1 unspecified atom stereocenters. The number of nitrogens with zero attached hydrogens (tertiary/aromatic N) is 2. The number of Topliss-reactive ketones (excluding diaryl/α,β-unsaturated/α-hetero) is 1. The van der Waals surface area contributed by atoms with Gasteiger partial charge in [0.05, 0.1) is 6.67 Å². The zero-order chi connectivity index (χ0) is 27.5. The summed E-state index contributed by atoms with van der Waals surface area (Å²) in [6.07, 6.45) is 12.1. The van der Waals surface area contributed by atoms with E-state index in [0.717, 1.165) is 29.2 Å². The Hall–Kier alpha value is -2.15. The predicted molar refractivity (Wildman–Crippen MR) is 164 cm³/mol. The van der Waals surface area contributed by atoms with Crippen molar-refractivity contribution >= 4 is 35.7 Å². The number of benzene rings is 2. The van der Waals surface area contributed by atoms with Gasteiger partial charge in [0.1, 0.15) is 5.37 Å². The average Bonchev–Trinajstić information content (AvgIpc) is 3.36. The van der Waals surface area contributed by atoms with Crippen LogP contribution in [0.4, 0.5) is 4.39 Å². The molecule has 1 aliphatic rings. The number of hydrogen-bond acceptors (Lipinski definition) is 5. The highest BCUT2D eigenvalue weighted by molar-refractivity contribution is 8.03. The first-order valence-corrected chi connectivity index (χ1v) is 14.6. The van der Waals surface area contributed by atoms with Crippen LogP contribution in [0.2, 0.25) is 0 Å². The zero-order valence-electron chi connectivity index (χ0n) is 23.2. The fourth-order valence-electron chi connectivity index (χ4n) is 3.14. The second-order valence-corrected chi connectivity index (χ2v) is 11.5. The number of allylic oxidation sites excluding steroid dienone is 4. The van der Waals surface area contributed by atoms with Crippen LogP contribution in [-0.2, 0) is 16.6 Å². The molecule has 2 aromatic carbocycles. The summed E-state index contributed by atoms with van der Waals surface area (Å²) in [5, 5.41) is -0.0399. The van der Waals surface area contributed by atoms with E-state index < -0.39 is 5.41 Å². The van der Waals surface area contributed by atoms with E-state index in [9.17, 15) is 9.18 Å². The lowest BCUT2D eigenvalue weighted by Gasteiger charge is -2.22. The Labute approximate surface area is 232 Å². The number of ketones is 1. The van der Waals surface area contributed by atoms with E-state index >= 15 is 0 Å². The Kier molecular flexibility index (Phi) is 16.9. The summed E-state index contributed by atoms with van der Waals surface area (Å²) in [5.41, 5.74) is 1.90. The van der Waals surface area contributed by atoms with Gasteiger partial charge in [-0.25, -0.2) is 4.31 Å². The Bertz CT molecular complexity index is 972. The minimum atomic E-state index is -0.436. The molecule has 1 aliphatic heterocycles. The molecule has 3 rings (SSSR count). The standard InChI is InChI=1S/C15H20FNOS2.C13H15N.C3H8/c1-11(18)14-17(8-9-19-14)20-13-6-4-12(5-7-13)15(2,3)10-16;1-14-12-8-3-2-5-9-13-10-6-4-7-11-13;1-3-2/h4-7,14H,8-10H2,1-3H3;2-8,10-12H,9H2,1H3;3H2,1-2H3/b;5-2+,8-3-,14-12?;. The van der Waals surface area contributed by atoms with Crippen LogP contribution in [0.1, 0.15) is 52.2 Å². The molecule has 2 aromatic rings. The molecule has 6 heteroatoms. The van der Waals surface area contributed by atoms with Crippen molar-refractivity contribution in [3.8, 4) is 0 Å². The smallest absolute Gasteiger partial charge is 0.157 e. The van der Waals surface area contributed by atoms with Crippen molar-refractivity contribution in [2.45, 2.75) is 63.1 Å². The first-order valence-electron chi connectivity index (χ1n) is 12.8. The van der Waals surface area contributed by atoms with Crippen LogP contribution in [0.5, 0.6) is 0 Å². The molecule has 3 nitrogen and oxygen atoms in total. The summed E-state index contributed by atoms with van der Waals surface area (Å²) in [7, 11) is 1.76. The molecular formula is C31H43FN2OS2. The third-order valence-corrected chi connectivity index (χ3v) is 7.74. The highest BCUT2D eigenvalue weighted by Gasteiger charge is 2.29. The van der Waals surface area contributed by atoms with E-state index in [4.69, 9.17) is 0 Å². The molecule has 1 saturated heterocycles. The van der Waals surface area contributed by atoms with Gasteiger partial charge in [0.25, 0.3) is 0 Å². The van der Waals surface area contributed by atoms with E-state index in [-0.39, 0.29) is 17.8 Å². The van der Waals surface area contributed by atoms with Gasteiger partial charge < -0.3 is 0 Å². The minimum absolute atomic E-state index is 0.0399. The number of alkyl halides is 1. The SMILES string of the molecule is CC(=O)C1SCCN1Sc1ccc(C(C)(C)CF)cc1.CCC.CN=C/C=C\C=C\Cc1ccccc1. The summed E-state index contributed by atoms with van der Waals surface area (Å²) in [5.74, 6) is 1.19. The van der Waals surface area contributed by atoms with Crippen LogP contribution in [0.15, 0.2) is 88.8 Å². The van der Waals surface area contributed by atoms with Crippen molar-refractivity contribution < 1.29 is 9.18 Å². The summed E-state index contributed by atoms with van der Waals surface area (Å²) < 4.78 is 15.1. The molecule has 0 amide bonds. The van der Waals surface area contributed by atoms with Crippen LogP contribution in [0, 0.1) is 0 Å². The fraction of sp³-hybridized carbons (Fsp3) is 0.419. The van der Waals surface area contributed by atoms with Gasteiger partial charge in [0, 0.05) is 35.9 Å². The number of aliphatic imine (C=N–C) groups is 1. The number of rotatable bonds is 9. The maximum atomic E-state index is 13.0. The summed E-state index contributed by atoms with van der Waals surface area (Å²) >= 11 is 3.31. The average molecular weight is 543 g/mol. The van der Waals surface area contributed by atoms with Gasteiger partial charge in [0.15, 0.2) is 5.78 Å². The molecule has 37 heavy (non-hydrogen) atoms. The number of halogens is 1. The predicted octanol–water partition coefficient (Wildman–Crippen LogP) is 8.36. The van der Waals surface area contributed by atoms with E-state index in [2.05, 4.69) is 53.5 Å². The first-order chi connectivity index (χ1) is 17.8. The lowest BCUT2D eigenvalue weighted by atomic mass is 9.86. The van der Waals surface area contributed by atoms with E-state index in [0.29, 0.717) is 0 Å². The molecule has 1 heterocycles. The van der Waals surface area contributed by atoms with Crippen molar-refractivity contribution in [2.75, 3.05) is 26.0 Å². The maximum absolute atomic E-state index is 13.0. The second-order valence-electron chi connectivity index (χ2n) is 9.22. The minimum Gasteiger partial charge on any atom is -0.297 e. The molecule has 0 aliphatic carbocycles. The van der Waals surface area contributed by atoms with Crippen molar-refractivity contribution in [1.29, 1.82) is 0 Å². The molecule has 202 valence electrons. The quantitative estimate of drug-likeness (QED) is 0.181. The Morgan fingerprint density at radius 2 is 1.76 bits per heavy atom. The Morgan fingerprint density at radius 3 is 2.32 bits per heavy atom. The number of carbonyl (C=O) groups is 1. The van der Waals surface area contributed by atoms with Gasteiger partial charge in [-0.15, -0.1) is 11.8 Å². The van der Waals surface area contributed by atoms with Gasteiger partial charge in [-0.05, 0) is 54.6 Å². The van der Waals surface area contributed by atoms with Crippen LogP contribution in [0.3, 0.4) is 0 Å². The number of hydrogen-bond donors (Lipinski definition) is 0. The molecule has 0 saturated carbocycles. The molecule has 1 fully saturated rings. The van der Waals surface area contributed by atoms with Gasteiger partial charge in [0.2, 0.25) is 0 Å². The third kappa shape index (κ3) is 13.3. The summed E-state index contributed by atoms with van der Waals surface area (Å²) in [6.45, 7) is 10.2. The fourth-order valence-corrected chi connectivity index (χ4v) is 5.56. The van der Waals surface area contributed by atoms with Crippen LogP contribution in [-0.4, -0.2) is 47.7 Å². The zero-order valence-corrected chi connectivity index (χ0v) is 24.8. The van der Waals surface area contributed by atoms with Gasteiger partial charge in [-0.2, -0.15) is 0 Å². The molecular weight excluding hydrogens is 499 g/mol. The van der Waals surface area contributed by atoms with Gasteiger partial charge in [-0.1, -0.05) is 94.8 Å². The van der Waals surface area contributed by atoms with E-state index in [1.807, 2.05) is 62.4 Å². The monoisotopic (exact) mass is 542 g/mol. The molecule has 0 bridgehead atoms. The van der Waals surface area contributed by atoms with E-state index in [1.165, 1.54) is 12.0 Å². The lowest BCUT2D eigenvalue weighted by molar-refractivity contribution is -0.117. The summed E-state index contributed by atoms with van der Waals surface area (Å²) in [6, 6.07) is 18.4. The Morgan fingerprint density at radius 1 is 1.11 bits per heavy atom. The largest absolute Gasteiger partial charge is 0.297 e. The molecule has 0 radical (unpaired) electrons. The summed E-state index contributed by atoms with van der Waals surface area (Å²) in [4.78, 5) is 16.5. The van der Waals surface area contributed by atoms with Crippen molar-refractivity contribution in [1.82, 2.24) is 4.31 Å². The number of thioether (sulfide) groups is 1.